The Kier molecular flexibility index (Phi) is 6.27. The molecule has 2 atom stereocenters. The maximum Gasteiger partial charge on any atom is 0.407 e. The van der Waals surface area contributed by atoms with Crippen LogP contribution >= 0.6 is 0 Å². The van der Waals surface area contributed by atoms with Gasteiger partial charge >= 0.3 is 12.1 Å². The second-order valence-electron chi connectivity index (χ2n) is 5.02. The zero-order chi connectivity index (χ0) is 15.1. The Hall–Kier alpha value is -1.79. The molecule has 0 bridgehead atoms. The highest BCUT2D eigenvalue weighted by Crippen LogP contribution is 2.21. The molecule has 0 spiro atoms. The Morgan fingerprint density at radius 3 is 2.60 bits per heavy atom. The van der Waals surface area contributed by atoms with Gasteiger partial charge in [-0.2, -0.15) is 0 Å². The first-order chi connectivity index (χ1) is 9.42. The largest absolute Gasteiger partial charge is 0.481 e. The highest BCUT2D eigenvalue weighted by Gasteiger charge is 2.29. The second kappa shape index (κ2) is 7.72. The van der Waals surface area contributed by atoms with Crippen LogP contribution in [-0.4, -0.2) is 53.7 Å². The molecule has 1 fully saturated rings. The van der Waals surface area contributed by atoms with Crippen LogP contribution in [0.4, 0.5) is 4.79 Å². The zero-order valence-corrected chi connectivity index (χ0v) is 11.9. The number of carboxylic acids is 1. The Bertz CT molecular complexity index is 372. The van der Waals surface area contributed by atoms with E-state index in [0.29, 0.717) is 25.9 Å². The lowest BCUT2D eigenvalue weighted by atomic mass is 9.90. The average Bonchev–Trinajstić information content (AvgIpc) is 2.36. The zero-order valence-electron chi connectivity index (χ0n) is 11.9. The van der Waals surface area contributed by atoms with Crippen molar-refractivity contribution >= 4 is 18.0 Å². The van der Waals surface area contributed by atoms with Crippen molar-refractivity contribution in [2.75, 3.05) is 19.7 Å². The van der Waals surface area contributed by atoms with Crippen molar-refractivity contribution in [3.8, 4) is 0 Å². The molecule has 1 heterocycles. The van der Waals surface area contributed by atoms with Gasteiger partial charge in [0.05, 0.1) is 12.6 Å². The number of ether oxygens (including phenoxy) is 1. The second-order valence-corrected chi connectivity index (χ2v) is 5.02. The fourth-order valence-electron chi connectivity index (χ4n) is 2.44. The first-order valence-corrected chi connectivity index (χ1v) is 6.83. The van der Waals surface area contributed by atoms with E-state index in [1.165, 1.54) is 6.92 Å². The van der Waals surface area contributed by atoms with E-state index in [2.05, 4.69) is 5.32 Å². The molecule has 1 rings (SSSR count). The number of likely N-dealkylation sites (tertiary alicyclic amines) is 1. The molecular weight excluding hydrogens is 264 g/mol. The van der Waals surface area contributed by atoms with Crippen molar-refractivity contribution in [2.24, 2.45) is 5.92 Å². The summed E-state index contributed by atoms with van der Waals surface area (Å²) in [6.07, 6.45) is 0.735. The van der Waals surface area contributed by atoms with Gasteiger partial charge < -0.3 is 20.1 Å². The summed E-state index contributed by atoms with van der Waals surface area (Å²) in [5.74, 6) is -0.837. The summed E-state index contributed by atoms with van der Waals surface area (Å²) in [5.41, 5.74) is 0. The molecule has 0 saturated carbocycles. The molecule has 0 aromatic rings. The average molecular weight is 286 g/mol. The Morgan fingerprint density at radius 1 is 1.35 bits per heavy atom. The van der Waals surface area contributed by atoms with Crippen molar-refractivity contribution in [2.45, 2.75) is 39.2 Å². The molecule has 2 N–H and O–H groups in total. The van der Waals surface area contributed by atoms with Crippen molar-refractivity contribution in [1.29, 1.82) is 0 Å². The van der Waals surface area contributed by atoms with Gasteiger partial charge in [-0.1, -0.05) is 0 Å². The van der Waals surface area contributed by atoms with Crippen LogP contribution in [0.15, 0.2) is 0 Å². The number of nitrogens with one attached hydrogen (secondary N) is 1. The van der Waals surface area contributed by atoms with E-state index in [4.69, 9.17) is 9.84 Å². The summed E-state index contributed by atoms with van der Waals surface area (Å²) >= 11 is 0. The van der Waals surface area contributed by atoms with Crippen LogP contribution in [0.5, 0.6) is 0 Å². The Labute approximate surface area is 118 Å². The number of rotatable bonds is 5. The molecule has 2 unspecified atom stereocenters. The fraction of sp³-hybridized carbons (Fsp3) is 0.769. The van der Waals surface area contributed by atoms with Crippen molar-refractivity contribution in [1.82, 2.24) is 10.2 Å². The summed E-state index contributed by atoms with van der Waals surface area (Å²) in [6.45, 7) is 4.47. The van der Waals surface area contributed by atoms with Crippen molar-refractivity contribution in [3.05, 3.63) is 0 Å². The van der Waals surface area contributed by atoms with Crippen LogP contribution < -0.4 is 5.32 Å². The molecule has 0 aromatic heterocycles. The lowest BCUT2D eigenvalue weighted by Gasteiger charge is -2.37. The number of carboxylic acid groups (broad SMARTS) is 1. The third-order valence-corrected chi connectivity index (χ3v) is 3.35. The standard InChI is InChI=1S/C13H22N2O5/c1-3-20-13(19)14-11-6-10(4-5-12(17)18)7-15(8-11)9(2)16/h10-11H,3-8H2,1-2H3,(H,14,19)(H,17,18). The van der Waals surface area contributed by atoms with Gasteiger partial charge in [0.25, 0.3) is 0 Å². The van der Waals surface area contributed by atoms with Crippen LogP contribution in [0.25, 0.3) is 0 Å². The maximum atomic E-state index is 11.5. The third-order valence-electron chi connectivity index (χ3n) is 3.35. The first kappa shape index (κ1) is 16.3. The molecule has 7 nitrogen and oxygen atoms in total. The van der Waals surface area contributed by atoms with Crippen LogP contribution in [0.1, 0.15) is 33.1 Å². The molecule has 0 aromatic carbocycles. The number of alkyl carbamates (subject to hydrolysis) is 1. The summed E-state index contributed by atoms with van der Waals surface area (Å²) in [6, 6.07) is -0.189. The number of amides is 2. The minimum absolute atomic E-state index is 0.0688. The van der Waals surface area contributed by atoms with Gasteiger partial charge in [-0.25, -0.2) is 4.79 Å². The van der Waals surface area contributed by atoms with Gasteiger partial charge in [0.15, 0.2) is 0 Å². The molecule has 1 aliphatic rings. The van der Waals surface area contributed by atoms with Crippen molar-refractivity contribution in [3.63, 3.8) is 0 Å². The quantitative estimate of drug-likeness (QED) is 0.780. The highest BCUT2D eigenvalue weighted by atomic mass is 16.5. The number of hydrogen-bond acceptors (Lipinski definition) is 4. The SMILES string of the molecule is CCOC(=O)NC1CC(CCC(=O)O)CN(C(C)=O)C1. The molecule has 20 heavy (non-hydrogen) atoms. The number of piperidine rings is 1. The lowest BCUT2D eigenvalue weighted by molar-refractivity contribution is -0.137. The minimum atomic E-state index is -0.847. The van der Waals surface area contributed by atoms with E-state index in [-0.39, 0.29) is 30.9 Å². The molecule has 114 valence electrons. The van der Waals surface area contributed by atoms with E-state index in [0.717, 1.165) is 0 Å². The molecular formula is C13H22N2O5. The molecule has 0 radical (unpaired) electrons. The molecule has 1 aliphatic heterocycles. The summed E-state index contributed by atoms with van der Waals surface area (Å²) < 4.78 is 4.83. The number of hydrogen-bond donors (Lipinski definition) is 2. The van der Waals surface area contributed by atoms with Crippen LogP contribution in [0.2, 0.25) is 0 Å². The van der Waals surface area contributed by atoms with Gasteiger partial charge in [0.2, 0.25) is 5.91 Å². The van der Waals surface area contributed by atoms with Gasteiger partial charge in [0.1, 0.15) is 0 Å². The number of nitrogens with zero attached hydrogens (tertiary/aromatic N) is 1. The lowest BCUT2D eigenvalue weighted by Crippen LogP contribution is -2.52. The summed E-state index contributed by atoms with van der Waals surface area (Å²) in [7, 11) is 0. The maximum absolute atomic E-state index is 11.5. The van der Waals surface area contributed by atoms with Crippen LogP contribution in [0, 0.1) is 5.92 Å². The highest BCUT2D eigenvalue weighted by molar-refractivity contribution is 5.73. The van der Waals surface area contributed by atoms with Gasteiger partial charge in [-0.05, 0) is 25.7 Å². The normalized spacial score (nSPS) is 22.2. The Morgan fingerprint density at radius 2 is 2.05 bits per heavy atom. The van der Waals surface area contributed by atoms with Crippen LogP contribution in [-0.2, 0) is 14.3 Å². The van der Waals surface area contributed by atoms with E-state index >= 15 is 0 Å². The monoisotopic (exact) mass is 286 g/mol. The predicted molar refractivity (Wildman–Crippen MR) is 71.2 cm³/mol. The summed E-state index contributed by atoms with van der Waals surface area (Å²) in [5, 5.41) is 11.5. The van der Waals surface area contributed by atoms with E-state index in [1.54, 1.807) is 11.8 Å². The number of aliphatic carboxylic acids is 1. The number of carbonyl (C=O) groups is 3. The van der Waals surface area contributed by atoms with Gasteiger partial charge in [-0.3, -0.25) is 9.59 Å². The van der Waals surface area contributed by atoms with E-state index in [1.807, 2.05) is 0 Å². The predicted octanol–water partition coefficient (Wildman–Crippen LogP) is 0.834. The molecule has 0 aliphatic carbocycles. The minimum Gasteiger partial charge on any atom is -0.481 e. The summed E-state index contributed by atoms with van der Waals surface area (Å²) in [4.78, 5) is 35.2. The molecule has 1 saturated heterocycles. The van der Waals surface area contributed by atoms with E-state index < -0.39 is 12.1 Å². The van der Waals surface area contributed by atoms with Gasteiger partial charge in [0, 0.05) is 26.4 Å². The molecule has 2 amide bonds. The van der Waals surface area contributed by atoms with Crippen LogP contribution in [0.3, 0.4) is 0 Å². The number of carbonyl (C=O) groups excluding carboxylic acids is 2. The van der Waals surface area contributed by atoms with Gasteiger partial charge in [-0.15, -0.1) is 0 Å². The fourth-order valence-corrected chi connectivity index (χ4v) is 2.44. The first-order valence-electron chi connectivity index (χ1n) is 6.83. The Balaban J connectivity index is 2.58. The smallest absolute Gasteiger partial charge is 0.407 e. The van der Waals surface area contributed by atoms with E-state index in [9.17, 15) is 14.4 Å². The molecule has 7 heteroatoms. The topological polar surface area (TPSA) is 95.9 Å². The van der Waals surface area contributed by atoms with Crippen molar-refractivity contribution < 1.29 is 24.2 Å². The third kappa shape index (κ3) is 5.46.